The predicted molar refractivity (Wildman–Crippen MR) is 58.6 cm³/mol. The monoisotopic (exact) mass is 185 g/mol. The molecule has 2 nitrogen and oxygen atoms in total. The van der Waals surface area contributed by atoms with Gasteiger partial charge in [0, 0.05) is 20.0 Å². The SMILES string of the molecule is C=CC(C)CC(=O)N(C)CC.CC. The fourth-order valence-corrected chi connectivity index (χ4v) is 0.691. The number of hydrogen-bond acceptors (Lipinski definition) is 1. The van der Waals surface area contributed by atoms with Gasteiger partial charge in [0.25, 0.3) is 0 Å². The maximum atomic E-state index is 11.2. The Kier molecular flexibility index (Phi) is 10.5. The normalized spacial score (nSPS) is 10.8. The molecule has 0 heterocycles. The van der Waals surface area contributed by atoms with Crippen LogP contribution in [-0.2, 0) is 4.79 Å². The molecule has 0 saturated heterocycles. The fourth-order valence-electron chi connectivity index (χ4n) is 0.691. The van der Waals surface area contributed by atoms with E-state index < -0.39 is 0 Å². The van der Waals surface area contributed by atoms with Crippen molar-refractivity contribution in [2.45, 2.75) is 34.1 Å². The van der Waals surface area contributed by atoms with E-state index in [1.54, 1.807) is 11.0 Å². The Balaban J connectivity index is 0. The van der Waals surface area contributed by atoms with E-state index in [9.17, 15) is 4.79 Å². The van der Waals surface area contributed by atoms with Crippen LogP contribution in [0.15, 0.2) is 12.7 Å². The lowest BCUT2D eigenvalue weighted by Crippen LogP contribution is -2.27. The summed E-state index contributed by atoms with van der Waals surface area (Å²) in [4.78, 5) is 12.9. The molecule has 13 heavy (non-hydrogen) atoms. The van der Waals surface area contributed by atoms with Crippen LogP contribution in [0.2, 0.25) is 0 Å². The minimum absolute atomic E-state index is 0.194. The minimum atomic E-state index is 0.194. The second-order valence-corrected chi connectivity index (χ2v) is 2.83. The van der Waals surface area contributed by atoms with Gasteiger partial charge in [0.15, 0.2) is 0 Å². The smallest absolute Gasteiger partial charge is 0.222 e. The summed E-state index contributed by atoms with van der Waals surface area (Å²) in [6, 6.07) is 0. The first kappa shape index (κ1) is 14.7. The Morgan fingerprint density at radius 3 is 2.31 bits per heavy atom. The molecule has 0 aromatic heterocycles. The molecule has 1 unspecified atom stereocenters. The highest BCUT2D eigenvalue weighted by atomic mass is 16.2. The lowest BCUT2D eigenvalue weighted by molar-refractivity contribution is -0.130. The van der Waals surface area contributed by atoms with Gasteiger partial charge in [-0.25, -0.2) is 0 Å². The van der Waals surface area contributed by atoms with Crippen LogP contribution in [0.5, 0.6) is 0 Å². The molecule has 2 heteroatoms. The first-order valence-corrected chi connectivity index (χ1v) is 4.98. The third-order valence-electron chi connectivity index (χ3n) is 1.80. The van der Waals surface area contributed by atoms with E-state index in [0.717, 1.165) is 6.54 Å². The number of carbonyl (C=O) groups is 1. The molecule has 1 atom stereocenters. The zero-order valence-corrected chi connectivity index (χ0v) is 9.63. The Morgan fingerprint density at radius 1 is 1.54 bits per heavy atom. The van der Waals surface area contributed by atoms with Crippen molar-refractivity contribution in [1.82, 2.24) is 4.90 Å². The Morgan fingerprint density at radius 2 is 2.00 bits per heavy atom. The quantitative estimate of drug-likeness (QED) is 0.617. The molecule has 0 aliphatic heterocycles. The van der Waals surface area contributed by atoms with Gasteiger partial charge in [-0.1, -0.05) is 26.8 Å². The molecule has 1 amide bonds. The molecule has 0 aliphatic carbocycles. The van der Waals surface area contributed by atoms with Crippen LogP contribution in [0.25, 0.3) is 0 Å². The number of nitrogens with zero attached hydrogens (tertiary/aromatic N) is 1. The summed E-state index contributed by atoms with van der Waals surface area (Å²) in [5.74, 6) is 0.483. The molecule has 0 aliphatic rings. The van der Waals surface area contributed by atoms with Gasteiger partial charge >= 0.3 is 0 Å². The first-order chi connectivity index (χ1) is 6.11. The highest BCUT2D eigenvalue weighted by Crippen LogP contribution is 2.04. The van der Waals surface area contributed by atoms with E-state index in [4.69, 9.17) is 0 Å². The second kappa shape index (κ2) is 9.30. The van der Waals surface area contributed by atoms with Crippen LogP contribution >= 0.6 is 0 Å². The van der Waals surface area contributed by atoms with Crippen LogP contribution in [0.4, 0.5) is 0 Å². The van der Waals surface area contributed by atoms with E-state index >= 15 is 0 Å². The molecule has 0 aromatic carbocycles. The number of carbonyl (C=O) groups excluding carboxylic acids is 1. The zero-order chi connectivity index (χ0) is 10.9. The molecule has 0 spiro atoms. The summed E-state index contributed by atoms with van der Waals surface area (Å²) in [7, 11) is 1.82. The highest BCUT2D eigenvalue weighted by Gasteiger charge is 2.08. The van der Waals surface area contributed by atoms with Crippen LogP contribution in [0.3, 0.4) is 0 Å². The third kappa shape index (κ3) is 7.57. The van der Waals surface area contributed by atoms with E-state index in [0.29, 0.717) is 6.42 Å². The van der Waals surface area contributed by atoms with Crippen molar-refractivity contribution in [3.63, 3.8) is 0 Å². The van der Waals surface area contributed by atoms with Crippen LogP contribution in [0, 0.1) is 5.92 Å². The molecular weight excluding hydrogens is 162 g/mol. The molecule has 0 aromatic rings. The van der Waals surface area contributed by atoms with Gasteiger partial charge in [-0.05, 0) is 12.8 Å². The maximum Gasteiger partial charge on any atom is 0.222 e. The van der Waals surface area contributed by atoms with Crippen molar-refractivity contribution in [2.24, 2.45) is 5.92 Å². The number of hydrogen-bond donors (Lipinski definition) is 0. The molecule has 0 N–H and O–H groups in total. The van der Waals surface area contributed by atoms with Crippen molar-refractivity contribution in [1.29, 1.82) is 0 Å². The molecule has 0 saturated carbocycles. The second-order valence-electron chi connectivity index (χ2n) is 2.83. The topological polar surface area (TPSA) is 20.3 Å². The largest absolute Gasteiger partial charge is 0.346 e. The Hall–Kier alpha value is -0.790. The summed E-state index contributed by atoms with van der Waals surface area (Å²) >= 11 is 0. The van der Waals surface area contributed by atoms with Gasteiger partial charge < -0.3 is 4.90 Å². The third-order valence-corrected chi connectivity index (χ3v) is 1.80. The first-order valence-electron chi connectivity index (χ1n) is 4.98. The number of allylic oxidation sites excluding steroid dienone is 1. The lowest BCUT2D eigenvalue weighted by atomic mass is 10.1. The van der Waals surface area contributed by atoms with Crippen molar-refractivity contribution in [2.75, 3.05) is 13.6 Å². The molecule has 0 fully saturated rings. The summed E-state index contributed by atoms with van der Waals surface area (Å²) < 4.78 is 0. The van der Waals surface area contributed by atoms with Crippen molar-refractivity contribution < 1.29 is 4.79 Å². The van der Waals surface area contributed by atoms with Gasteiger partial charge in [0.05, 0.1) is 0 Å². The van der Waals surface area contributed by atoms with E-state index in [-0.39, 0.29) is 11.8 Å². The molecule has 78 valence electrons. The molecule has 0 radical (unpaired) electrons. The van der Waals surface area contributed by atoms with Crippen LogP contribution in [0.1, 0.15) is 34.1 Å². The standard InChI is InChI=1S/C9H17NO.C2H6/c1-5-8(3)7-9(11)10(4)6-2;1-2/h5,8H,1,6-7H2,2-4H3;1-2H3. The zero-order valence-electron chi connectivity index (χ0n) is 9.63. The molecule has 0 rings (SSSR count). The fraction of sp³-hybridized carbons (Fsp3) is 0.727. The molecular formula is C11H23NO. The van der Waals surface area contributed by atoms with Gasteiger partial charge in [-0.3, -0.25) is 4.79 Å². The summed E-state index contributed by atoms with van der Waals surface area (Å²) in [6.07, 6.45) is 2.38. The average molecular weight is 185 g/mol. The van der Waals surface area contributed by atoms with E-state index in [1.165, 1.54) is 0 Å². The minimum Gasteiger partial charge on any atom is -0.346 e. The summed E-state index contributed by atoms with van der Waals surface area (Å²) in [5, 5.41) is 0. The Bertz CT molecular complexity index is 143. The summed E-state index contributed by atoms with van der Waals surface area (Å²) in [6.45, 7) is 12.4. The maximum absolute atomic E-state index is 11.2. The predicted octanol–water partition coefficient (Wildman–Crippen LogP) is 2.70. The average Bonchev–Trinajstić information content (AvgIpc) is 2.19. The molecule has 0 bridgehead atoms. The van der Waals surface area contributed by atoms with Crippen molar-refractivity contribution >= 4 is 5.91 Å². The summed E-state index contributed by atoms with van der Waals surface area (Å²) in [5.41, 5.74) is 0. The van der Waals surface area contributed by atoms with E-state index in [1.807, 2.05) is 34.7 Å². The van der Waals surface area contributed by atoms with Gasteiger partial charge in [-0.15, -0.1) is 6.58 Å². The highest BCUT2D eigenvalue weighted by molar-refractivity contribution is 5.76. The van der Waals surface area contributed by atoms with Gasteiger partial charge in [0.1, 0.15) is 0 Å². The number of amides is 1. The van der Waals surface area contributed by atoms with Gasteiger partial charge in [-0.2, -0.15) is 0 Å². The van der Waals surface area contributed by atoms with Crippen LogP contribution < -0.4 is 0 Å². The lowest BCUT2D eigenvalue weighted by Gasteiger charge is -2.15. The van der Waals surface area contributed by atoms with Crippen molar-refractivity contribution in [3.8, 4) is 0 Å². The van der Waals surface area contributed by atoms with Crippen molar-refractivity contribution in [3.05, 3.63) is 12.7 Å². The Labute approximate surface area is 82.6 Å². The van der Waals surface area contributed by atoms with E-state index in [2.05, 4.69) is 6.58 Å². The van der Waals surface area contributed by atoms with Crippen LogP contribution in [-0.4, -0.2) is 24.4 Å². The number of rotatable bonds is 4. The van der Waals surface area contributed by atoms with Gasteiger partial charge in [0.2, 0.25) is 5.91 Å².